The molecule has 5 nitrogen and oxygen atoms in total. The zero-order valence-electron chi connectivity index (χ0n) is 14.6. The fraction of sp³-hybridized carbons (Fsp3) is 0.300. The van der Waals surface area contributed by atoms with Crippen molar-refractivity contribution in [3.05, 3.63) is 64.1 Å². The molecule has 1 N–H and O–H groups in total. The molecule has 0 aliphatic carbocycles. The molecule has 0 spiro atoms. The van der Waals surface area contributed by atoms with E-state index in [0.29, 0.717) is 30.0 Å². The predicted molar refractivity (Wildman–Crippen MR) is 104 cm³/mol. The number of nitrogens with zero attached hydrogens (tertiary/aromatic N) is 1. The minimum absolute atomic E-state index is 0.000617. The van der Waals surface area contributed by atoms with Crippen molar-refractivity contribution in [2.45, 2.75) is 18.9 Å². The van der Waals surface area contributed by atoms with E-state index < -0.39 is 0 Å². The van der Waals surface area contributed by atoms with Crippen molar-refractivity contribution in [2.75, 3.05) is 20.2 Å². The third-order valence-electron chi connectivity index (χ3n) is 4.52. The lowest BCUT2D eigenvalue weighted by molar-refractivity contribution is 0.0697. The van der Waals surface area contributed by atoms with Crippen molar-refractivity contribution < 1.29 is 14.3 Å². The second-order valence-corrected chi connectivity index (χ2v) is 7.20. The summed E-state index contributed by atoms with van der Waals surface area (Å²) in [6, 6.07) is 14.6. The molecule has 6 heteroatoms. The molecular formula is C20H21BrN2O3. The van der Waals surface area contributed by atoms with Gasteiger partial charge in [0.1, 0.15) is 5.75 Å². The van der Waals surface area contributed by atoms with E-state index in [0.717, 1.165) is 17.3 Å². The van der Waals surface area contributed by atoms with E-state index in [4.69, 9.17) is 4.74 Å². The molecule has 2 aromatic carbocycles. The highest BCUT2D eigenvalue weighted by molar-refractivity contribution is 9.10. The molecule has 1 heterocycles. The fourth-order valence-corrected chi connectivity index (χ4v) is 3.46. The summed E-state index contributed by atoms with van der Waals surface area (Å²) < 4.78 is 6.06. The van der Waals surface area contributed by atoms with Gasteiger partial charge in [0.05, 0.1) is 7.11 Å². The number of methoxy groups -OCH3 is 1. The monoisotopic (exact) mass is 416 g/mol. The molecule has 2 aromatic rings. The highest BCUT2D eigenvalue weighted by atomic mass is 79.9. The predicted octanol–water partition coefficient (Wildman–Crippen LogP) is 3.49. The van der Waals surface area contributed by atoms with Crippen LogP contribution in [0.5, 0.6) is 5.75 Å². The van der Waals surface area contributed by atoms with E-state index in [2.05, 4.69) is 21.2 Å². The van der Waals surface area contributed by atoms with Crippen LogP contribution in [0.15, 0.2) is 53.0 Å². The Morgan fingerprint density at radius 3 is 2.46 bits per heavy atom. The molecule has 1 saturated heterocycles. The standard InChI is InChI=1S/C20H21BrN2O3/c1-26-18-7-3-5-15(13-18)20(25)23-10-8-17(9-11-23)22-19(24)14-4-2-6-16(21)12-14/h2-7,12-13,17H,8-11H2,1H3,(H,22,24). The van der Waals surface area contributed by atoms with Gasteiger partial charge in [0.15, 0.2) is 0 Å². The minimum atomic E-state index is -0.0797. The van der Waals surface area contributed by atoms with Crippen LogP contribution >= 0.6 is 15.9 Å². The molecule has 0 saturated carbocycles. The molecule has 0 bridgehead atoms. The number of benzene rings is 2. The maximum Gasteiger partial charge on any atom is 0.253 e. The molecule has 3 rings (SSSR count). The zero-order valence-corrected chi connectivity index (χ0v) is 16.2. The van der Waals surface area contributed by atoms with Crippen LogP contribution in [0.3, 0.4) is 0 Å². The van der Waals surface area contributed by atoms with Gasteiger partial charge in [-0.2, -0.15) is 0 Å². The number of likely N-dealkylation sites (tertiary alicyclic amines) is 1. The smallest absolute Gasteiger partial charge is 0.253 e. The number of nitrogens with one attached hydrogen (secondary N) is 1. The maximum absolute atomic E-state index is 12.6. The molecule has 0 unspecified atom stereocenters. The first-order valence-electron chi connectivity index (χ1n) is 8.56. The van der Waals surface area contributed by atoms with E-state index in [1.165, 1.54) is 0 Å². The van der Waals surface area contributed by atoms with E-state index in [-0.39, 0.29) is 17.9 Å². The summed E-state index contributed by atoms with van der Waals surface area (Å²) in [7, 11) is 1.59. The summed E-state index contributed by atoms with van der Waals surface area (Å²) in [5.74, 6) is 0.594. The molecular weight excluding hydrogens is 396 g/mol. The van der Waals surface area contributed by atoms with Crippen LogP contribution in [-0.4, -0.2) is 43.0 Å². The summed E-state index contributed by atoms with van der Waals surface area (Å²) in [6.45, 7) is 1.25. The van der Waals surface area contributed by atoms with Crippen molar-refractivity contribution in [1.29, 1.82) is 0 Å². The van der Waals surface area contributed by atoms with Crippen LogP contribution in [0.4, 0.5) is 0 Å². The lowest BCUT2D eigenvalue weighted by atomic mass is 10.0. The van der Waals surface area contributed by atoms with Crippen molar-refractivity contribution in [1.82, 2.24) is 10.2 Å². The molecule has 26 heavy (non-hydrogen) atoms. The Labute approximate surface area is 161 Å². The Kier molecular flexibility index (Phi) is 5.93. The Morgan fingerprint density at radius 1 is 1.08 bits per heavy atom. The zero-order chi connectivity index (χ0) is 18.5. The quantitative estimate of drug-likeness (QED) is 0.829. The lowest BCUT2D eigenvalue weighted by Gasteiger charge is -2.32. The second kappa shape index (κ2) is 8.36. The SMILES string of the molecule is COc1cccc(C(=O)N2CCC(NC(=O)c3cccc(Br)c3)CC2)c1. The first-order chi connectivity index (χ1) is 12.6. The largest absolute Gasteiger partial charge is 0.497 e. The van der Waals surface area contributed by atoms with Crippen LogP contribution in [0, 0.1) is 0 Å². The average molecular weight is 417 g/mol. The Balaban J connectivity index is 1.55. The fourth-order valence-electron chi connectivity index (χ4n) is 3.06. The number of hydrogen-bond acceptors (Lipinski definition) is 3. The molecule has 0 aromatic heterocycles. The number of amides is 2. The summed E-state index contributed by atoms with van der Waals surface area (Å²) in [4.78, 5) is 26.8. The van der Waals surface area contributed by atoms with Crippen molar-refractivity contribution in [3.8, 4) is 5.75 Å². The van der Waals surface area contributed by atoms with Gasteiger partial charge in [0.2, 0.25) is 0 Å². The third-order valence-corrected chi connectivity index (χ3v) is 5.01. The van der Waals surface area contributed by atoms with Gasteiger partial charge < -0.3 is 15.0 Å². The normalized spacial score (nSPS) is 14.8. The van der Waals surface area contributed by atoms with Crippen LogP contribution in [0.25, 0.3) is 0 Å². The number of hydrogen-bond donors (Lipinski definition) is 1. The van der Waals surface area contributed by atoms with Gasteiger partial charge in [-0.15, -0.1) is 0 Å². The van der Waals surface area contributed by atoms with E-state index in [1.54, 1.807) is 31.4 Å². The lowest BCUT2D eigenvalue weighted by Crippen LogP contribution is -2.46. The summed E-state index contributed by atoms with van der Waals surface area (Å²) in [5.41, 5.74) is 1.26. The van der Waals surface area contributed by atoms with Gasteiger partial charge in [-0.05, 0) is 49.2 Å². The van der Waals surface area contributed by atoms with Gasteiger partial charge in [-0.3, -0.25) is 9.59 Å². The number of halogens is 1. The Hall–Kier alpha value is -2.34. The van der Waals surface area contributed by atoms with Gasteiger partial charge >= 0.3 is 0 Å². The number of carbonyl (C=O) groups is 2. The van der Waals surface area contributed by atoms with Gasteiger partial charge in [0.25, 0.3) is 11.8 Å². The number of ether oxygens (including phenoxy) is 1. The summed E-state index contributed by atoms with van der Waals surface area (Å²) in [5, 5.41) is 3.06. The second-order valence-electron chi connectivity index (χ2n) is 6.28. The summed E-state index contributed by atoms with van der Waals surface area (Å²) in [6.07, 6.45) is 1.49. The van der Waals surface area contributed by atoms with Crippen molar-refractivity contribution in [3.63, 3.8) is 0 Å². The molecule has 136 valence electrons. The molecule has 2 amide bonds. The Morgan fingerprint density at radius 2 is 1.77 bits per heavy atom. The molecule has 1 fully saturated rings. The molecule has 0 radical (unpaired) electrons. The first kappa shape index (κ1) is 18.5. The van der Waals surface area contributed by atoms with Gasteiger partial charge in [-0.1, -0.05) is 28.1 Å². The van der Waals surface area contributed by atoms with Gasteiger partial charge in [-0.25, -0.2) is 0 Å². The third kappa shape index (κ3) is 4.43. The van der Waals surface area contributed by atoms with Crippen LogP contribution < -0.4 is 10.1 Å². The average Bonchev–Trinajstić information content (AvgIpc) is 2.68. The number of rotatable bonds is 4. The topological polar surface area (TPSA) is 58.6 Å². The van der Waals surface area contributed by atoms with Crippen molar-refractivity contribution in [2.24, 2.45) is 0 Å². The van der Waals surface area contributed by atoms with Crippen LogP contribution in [0.2, 0.25) is 0 Å². The maximum atomic E-state index is 12.6. The molecule has 1 aliphatic rings. The Bertz CT molecular complexity index is 801. The molecule has 0 atom stereocenters. The van der Waals surface area contributed by atoms with Crippen LogP contribution in [-0.2, 0) is 0 Å². The highest BCUT2D eigenvalue weighted by Crippen LogP contribution is 2.18. The van der Waals surface area contributed by atoms with E-state index >= 15 is 0 Å². The number of piperidine rings is 1. The number of carbonyl (C=O) groups excluding carboxylic acids is 2. The highest BCUT2D eigenvalue weighted by Gasteiger charge is 2.25. The summed E-state index contributed by atoms with van der Waals surface area (Å²) >= 11 is 3.38. The van der Waals surface area contributed by atoms with Crippen LogP contribution in [0.1, 0.15) is 33.6 Å². The van der Waals surface area contributed by atoms with Gasteiger partial charge in [0, 0.05) is 34.7 Å². The first-order valence-corrected chi connectivity index (χ1v) is 9.36. The van der Waals surface area contributed by atoms with E-state index in [1.807, 2.05) is 29.2 Å². The molecule has 1 aliphatic heterocycles. The van der Waals surface area contributed by atoms with E-state index in [9.17, 15) is 9.59 Å². The van der Waals surface area contributed by atoms with Crippen molar-refractivity contribution >= 4 is 27.7 Å². The minimum Gasteiger partial charge on any atom is -0.497 e.